The summed E-state index contributed by atoms with van der Waals surface area (Å²) in [6.07, 6.45) is 0.919. The first kappa shape index (κ1) is 13.8. The Bertz CT molecular complexity index is 344. The molecule has 4 heteroatoms. The minimum atomic E-state index is -0.343. The number of rotatable bonds is 7. The van der Waals surface area contributed by atoms with Crippen LogP contribution in [0.4, 0.5) is 10.1 Å². The van der Waals surface area contributed by atoms with Gasteiger partial charge < -0.3 is 14.8 Å². The van der Waals surface area contributed by atoms with Gasteiger partial charge in [-0.25, -0.2) is 4.39 Å². The highest BCUT2D eigenvalue weighted by atomic mass is 19.1. The molecule has 1 N–H and O–H groups in total. The van der Waals surface area contributed by atoms with E-state index in [9.17, 15) is 4.39 Å². The van der Waals surface area contributed by atoms with Gasteiger partial charge in [-0.1, -0.05) is 6.92 Å². The Morgan fingerprint density at radius 1 is 1.35 bits per heavy atom. The summed E-state index contributed by atoms with van der Waals surface area (Å²) in [5.41, 5.74) is 0.745. The fourth-order valence-electron chi connectivity index (χ4n) is 1.56. The number of halogens is 1. The van der Waals surface area contributed by atoms with E-state index in [4.69, 9.17) is 9.47 Å². The van der Waals surface area contributed by atoms with Crippen LogP contribution in [0.25, 0.3) is 0 Å². The van der Waals surface area contributed by atoms with Crippen molar-refractivity contribution in [2.45, 2.75) is 26.3 Å². The summed E-state index contributed by atoms with van der Waals surface area (Å²) in [5, 5.41) is 3.22. The molecule has 0 fully saturated rings. The largest absolute Gasteiger partial charge is 0.491 e. The second-order valence-electron chi connectivity index (χ2n) is 3.78. The van der Waals surface area contributed by atoms with Crippen LogP contribution in [0.1, 0.15) is 20.3 Å². The van der Waals surface area contributed by atoms with Crippen LogP contribution in [0, 0.1) is 5.82 Å². The lowest BCUT2D eigenvalue weighted by Gasteiger charge is -2.17. The van der Waals surface area contributed by atoms with Gasteiger partial charge in [-0.2, -0.15) is 0 Å². The van der Waals surface area contributed by atoms with E-state index in [1.54, 1.807) is 13.2 Å². The molecule has 0 aliphatic carbocycles. The molecule has 0 aliphatic rings. The molecule has 0 aromatic heterocycles. The zero-order valence-electron chi connectivity index (χ0n) is 10.6. The van der Waals surface area contributed by atoms with Gasteiger partial charge in [-0.15, -0.1) is 0 Å². The Labute approximate surface area is 102 Å². The molecule has 0 saturated heterocycles. The molecule has 0 amide bonds. The van der Waals surface area contributed by atoms with Crippen LogP contribution in [0.5, 0.6) is 5.75 Å². The van der Waals surface area contributed by atoms with Crippen molar-refractivity contribution in [1.82, 2.24) is 0 Å². The molecule has 96 valence electrons. The quantitative estimate of drug-likeness (QED) is 0.795. The van der Waals surface area contributed by atoms with Crippen LogP contribution in [0.2, 0.25) is 0 Å². The van der Waals surface area contributed by atoms with Crippen LogP contribution in [-0.4, -0.2) is 26.4 Å². The second kappa shape index (κ2) is 7.12. The van der Waals surface area contributed by atoms with E-state index >= 15 is 0 Å². The first-order valence-corrected chi connectivity index (χ1v) is 5.89. The first-order valence-electron chi connectivity index (χ1n) is 5.89. The van der Waals surface area contributed by atoms with Crippen LogP contribution in [0.3, 0.4) is 0 Å². The molecule has 0 aliphatic heterocycles. The Kier molecular flexibility index (Phi) is 5.77. The molecule has 0 saturated carbocycles. The van der Waals surface area contributed by atoms with Gasteiger partial charge in [0.05, 0.1) is 13.2 Å². The number of anilines is 1. The molecule has 1 unspecified atom stereocenters. The molecule has 0 radical (unpaired) electrons. The average Bonchev–Trinajstić information content (AvgIpc) is 2.32. The van der Waals surface area contributed by atoms with Crippen molar-refractivity contribution in [3.63, 3.8) is 0 Å². The SMILES string of the molecule is CCOc1ccc(NC(CC)COC)cc1F. The van der Waals surface area contributed by atoms with Gasteiger partial charge in [0, 0.05) is 24.9 Å². The maximum Gasteiger partial charge on any atom is 0.167 e. The molecule has 1 aromatic rings. The average molecular weight is 241 g/mol. The van der Waals surface area contributed by atoms with Crippen molar-refractivity contribution in [2.24, 2.45) is 0 Å². The fraction of sp³-hybridized carbons (Fsp3) is 0.538. The van der Waals surface area contributed by atoms with Gasteiger partial charge in [0.2, 0.25) is 0 Å². The van der Waals surface area contributed by atoms with Crippen LogP contribution in [0.15, 0.2) is 18.2 Å². The van der Waals surface area contributed by atoms with E-state index in [1.165, 1.54) is 6.07 Å². The zero-order valence-corrected chi connectivity index (χ0v) is 10.6. The van der Waals surface area contributed by atoms with Crippen LogP contribution >= 0.6 is 0 Å². The van der Waals surface area contributed by atoms with Gasteiger partial charge in [0.15, 0.2) is 11.6 Å². The minimum Gasteiger partial charge on any atom is -0.491 e. The highest BCUT2D eigenvalue weighted by Gasteiger charge is 2.08. The zero-order chi connectivity index (χ0) is 12.7. The smallest absolute Gasteiger partial charge is 0.167 e. The Balaban J connectivity index is 2.68. The molecular weight excluding hydrogens is 221 g/mol. The molecule has 1 atom stereocenters. The number of hydrogen-bond donors (Lipinski definition) is 1. The van der Waals surface area contributed by atoms with E-state index in [1.807, 2.05) is 13.0 Å². The van der Waals surface area contributed by atoms with Crippen molar-refractivity contribution in [3.8, 4) is 5.75 Å². The highest BCUT2D eigenvalue weighted by molar-refractivity contribution is 5.48. The van der Waals surface area contributed by atoms with E-state index in [-0.39, 0.29) is 17.6 Å². The molecule has 1 rings (SSSR count). The predicted molar refractivity (Wildman–Crippen MR) is 67.1 cm³/mol. The normalized spacial score (nSPS) is 12.2. The molecule has 17 heavy (non-hydrogen) atoms. The summed E-state index contributed by atoms with van der Waals surface area (Å²) in [7, 11) is 1.66. The van der Waals surface area contributed by atoms with Gasteiger partial charge in [-0.05, 0) is 25.5 Å². The monoisotopic (exact) mass is 241 g/mol. The van der Waals surface area contributed by atoms with Crippen molar-refractivity contribution < 1.29 is 13.9 Å². The van der Waals surface area contributed by atoms with Crippen molar-refractivity contribution >= 4 is 5.69 Å². The third-order valence-corrected chi connectivity index (χ3v) is 2.46. The summed E-state index contributed by atoms with van der Waals surface area (Å²) >= 11 is 0. The lowest BCUT2D eigenvalue weighted by Crippen LogP contribution is -2.23. The second-order valence-corrected chi connectivity index (χ2v) is 3.78. The Morgan fingerprint density at radius 2 is 2.12 bits per heavy atom. The summed E-state index contributed by atoms with van der Waals surface area (Å²) in [6, 6.07) is 5.09. The first-order chi connectivity index (χ1) is 8.21. The lowest BCUT2D eigenvalue weighted by molar-refractivity contribution is 0.184. The van der Waals surface area contributed by atoms with Gasteiger partial charge in [0.25, 0.3) is 0 Å². The molecule has 0 spiro atoms. The minimum absolute atomic E-state index is 0.192. The summed E-state index contributed by atoms with van der Waals surface area (Å²) < 4.78 is 23.8. The predicted octanol–water partition coefficient (Wildman–Crippen LogP) is 3.06. The molecule has 0 bridgehead atoms. The van der Waals surface area contributed by atoms with Gasteiger partial charge >= 0.3 is 0 Å². The standard InChI is InChI=1S/C13H20FNO2/c1-4-10(9-16-3)15-11-6-7-13(17-5-2)12(14)8-11/h6-8,10,15H,4-5,9H2,1-3H3. The van der Waals surface area contributed by atoms with Gasteiger partial charge in [-0.3, -0.25) is 0 Å². The summed E-state index contributed by atoms with van der Waals surface area (Å²) in [5.74, 6) is -0.0537. The summed E-state index contributed by atoms with van der Waals surface area (Å²) in [4.78, 5) is 0. The highest BCUT2D eigenvalue weighted by Crippen LogP contribution is 2.21. The molecule has 0 heterocycles. The van der Waals surface area contributed by atoms with E-state index < -0.39 is 0 Å². The third kappa shape index (κ3) is 4.23. The molecule has 3 nitrogen and oxygen atoms in total. The van der Waals surface area contributed by atoms with E-state index in [2.05, 4.69) is 12.2 Å². The Hall–Kier alpha value is -1.29. The lowest BCUT2D eigenvalue weighted by atomic mass is 10.2. The van der Waals surface area contributed by atoms with Crippen molar-refractivity contribution in [3.05, 3.63) is 24.0 Å². The number of benzene rings is 1. The van der Waals surface area contributed by atoms with E-state index in [0.717, 1.165) is 12.1 Å². The summed E-state index contributed by atoms with van der Waals surface area (Å²) in [6.45, 7) is 4.95. The van der Waals surface area contributed by atoms with Crippen LogP contribution in [-0.2, 0) is 4.74 Å². The van der Waals surface area contributed by atoms with E-state index in [0.29, 0.717) is 13.2 Å². The number of methoxy groups -OCH3 is 1. The topological polar surface area (TPSA) is 30.5 Å². The molecular formula is C13H20FNO2. The third-order valence-electron chi connectivity index (χ3n) is 2.46. The van der Waals surface area contributed by atoms with Crippen molar-refractivity contribution in [1.29, 1.82) is 0 Å². The number of hydrogen-bond acceptors (Lipinski definition) is 3. The Morgan fingerprint density at radius 3 is 2.65 bits per heavy atom. The number of ether oxygens (including phenoxy) is 2. The van der Waals surface area contributed by atoms with Crippen molar-refractivity contribution in [2.75, 3.05) is 25.6 Å². The fourth-order valence-corrected chi connectivity index (χ4v) is 1.56. The van der Waals surface area contributed by atoms with Crippen LogP contribution < -0.4 is 10.1 Å². The maximum atomic E-state index is 13.6. The molecule has 1 aromatic carbocycles. The number of nitrogens with one attached hydrogen (secondary N) is 1. The maximum absolute atomic E-state index is 13.6. The van der Waals surface area contributed by atoms with Gasteiger partial charge in [0.1, 0.15) is 0 Å².